The maximum Gasteiger partial charge on any atom is 0.336 e. The molecule has 2 rings (SSSR count). The summed E-state index contributed by atoms with van der Waals surface area (Å²) in [6.07, 6.45) is 0.691. The zero-order chi connectivity index (χ0) is 17.0. The summed E-state index contributed by atoms with van der Waals surface area (Å²) in [4.78, 5) is 34.5. The summed E-state index contributed by atoms with van der Waals surface area (Å²) in [5, 5.41) is 3.28. The van der Waals surface area contributed by atoms with Crippen LogP contribution in [0.15, 0.2) is 33.5 Å². The Morgan fingerprint density at radius 1 is 1.30 bits per heavy atom. The van der Waals surface area contributed by atoms with Gasteiger partial charge in [0.25, 0.3) is 0 Å². The second-order valence-corrected chi connectivity index (χ2v) is 5.40. The van der Waals surface area contributed by atoms with E-state index in [1.54, 1.807) is 25.1 Å². The van der Waals surface area contributed by atoms with Crippen molar-refractivity contribution in [1.82, 2.24) is 0 Å². The fourth-order valence-corrected chi connectivity index (χ4v) is 2.09. The Labute approximate surface area is 133 Å². The van der Waals surface area contributed by atoms with Gasteiger partial charge < -0.3 is 14.5 Å². The molecule has 1 heterocycles. The van der Waals surface area contributed by atoms with Crippen LogP contribution in [0.3, 0.4) is 0 Å². The number of carbonyl (C=O) groups is 2. The van der Waals surface area contributed by atoms with Crippen LogP contribution in [-0.4, -0.2) is 11.9 Å². The number of amides is 1. The van der Waals surface area contributed by atoms with E-state index in [1.807, 2.05) is 6.92 Å². The highest BCUT2D eigenvalue weighted by atomic mass is 16.5. The molecule has 1 amide bonds. The predicted octanol–water partition coefficient (Wildman–Crippen LogP) is 2.84. The predicted molar refractivity (Wildman–Crippen MR) is 86.0 cm³/mol. The second kappa shape index (κ2) is 7.09. The Morgan fingerprint density at radius 2 is 2.04 bits per heavy atom. The minimum Gasteiger partial charge on any atom is -0.461 e. The molecule has 0 aliphatic carbocycles. The number of carbonyl (C=O) groups excluding carboxylic acids is 2. The van der Waals surface area contributed by atoms with E-state index in [0.29, 0.717) is 28.6 Å². The van der Waals surface area contributed by atoms with Gasteiger partial charge in [-0.05, 0) is 18.6 Å². The first-order valence-electron chi connectivity index (χ1n) is 7.41. The summed E-state index contributed by atoms with van der Waals surface area (Å²) in [6, 6.07) is 6.29. The Balaban J connectivity index is 2.31. The number of fused-ring (bicyclic) bond motifs is 1. The van der Waals surface area contributed by atoms with Crippen LogP contribution >= 0.6 is 0 Å². The van der Waals surface area contributed by atoms with Crippen molar-refractivity contribution in [3.05, 3.63) is 40.2 Å². The molecule has 1 atom stereocenters. The highest BCUT2D eigenvalue weighted by Crippen LogP contribution is 2.22. The first-order valence-corrected chi connectivity index (χ1v) is 7.41. The molecular weight excluding hydrogens is 298 g/mol. The molecule has 0 aliphatic heterocycles. The molecule has 2 aromatic rings. The minimum absolute atomic E-state index is 0.00472. The molecule has 1 aromatic carbocycles. The molecule has 122 valence electrons. The molecule has 6 nitrogen and oxygen atoms in total. The quantitative estimate of drug-likeness (QED) is 0.677. The normalized spacial score (nSPS) is 12.0. The molecule has 6 heteroatoms. The van der Waals surface area contributed by atoms with E-state index >= 15 is 0 Å². The molecule has 0 radical (unpaired) electrons. The van der Waals surface area contributed by atoms with Crippen molar-refractivity contribution in [3.63, 3.8) is 0 Å². The summed E-state index contributed by atoms with van der Waals surface area (Å²) >= 11 is 0. The maximum absolute atomic E-state index is 11.8. The van der Waals surface area contributed by atoms with Crippen LogP contribution in [0.2, 0.25) is 0 Å². The van der Waals surface area contributed by atoms with Crippen LogP contribution in [0, 0.1) is 5.92 Å². The van der Waals surface area contributed by atoms with Gasteiger partial charge in [-0.25, -0.2) is 4.79 Å². The molecule has 0 fully saturated rings. The SMILES string of the molecule is CC[C@H](C)C(=O)OCc1cc(=O)oc2cc(NC(C)=O)ccc12. The van der Waals surface area contributed by atoms with Gasteiger partial charge in [0.1, 0.15) is 12.2 Å². The molecular formula is C17H19NO5. The van der Waals surface area contributed by atoms with E-state index in [0.717, 1.165) is 0 Å². The van der Waals surface area contributed by atoms with Crippen LogP contribution in [0.25, 0.3) is 11.0 Å². The minimum atomic E-state index is -0.535. The summed E-state index contributed by atoms with van der Waals surface area (Å²) in [5.74, 6) is -0.707. The van der Waals surface area contributed by atoms with Crippen molar-refractivity contribution in [1.29, 1.82) is 0 Å². The lowest BCUT2D eigenvalue weighted by molar-refractivity contribution is -0.149. The lowest BCUT2D eigenvalue weighted by Gasteiger charge is -2.11. The van der Waals surface area contributed by atoms with Gasteiger partial charge in [0.05, 0.1) is 5.92 Å². The first-order chi connectivity index (χ1) is 10.9. The molecule has 1 aromatic heterocycles. The second-order valence-electron chi connectivity index (χ2n) is 5.40. The van der Waals surface area contributed by atoms with E-state index in [1.165, 1.54) is 13.0 Å². The monoisotopic (exact) mass is 317 g/mol. The average Bonchev–Trinajstić information content (AvgIpc) is 2.50. The Bertz CT molecular complexity index is 793. The third-order valence-corrected chi connectivity index (χ3v) is 3.54. The van der Waals surface area contributed by atoms with Gasteiger partial charge in [0, 0.05) is 35.7 Å². The summed E-state index contributed by atoms with van der Waals surface area (Å²) in [5.41, 5.74) is 0.898. The standard InChI is InChI=1S/C17H19NO5/c1-4-10(2)17(21)22-9-12-7-16(20)23-15-8-13(18-11(3)19)5-6-14(12)15/h5-8,10H,4,9H2,1-3H3,(H,18,19)/t10-/m0/s1. The zero-order valence-electron chi connectivity index (χ0n) is 13.3. The van der Waals surface area contributed by atoms with E-state index in [9.17, 15) is 14.4 Å². The third-order valence-electron chi connectivity index (χ3n) is 3.54. The van der Waals surface area contributed by atoms with E-state index < -0.39 is 5.63 Å². The van der Waals surface area contributed by atoms with Crippen molar-refractivity contribution in [2.75, 3.05) is 5.32 Å². The maximum atomic E-state index is 11.8. The highest BCUT2D eigenvalue weighted by molar-refractivity contribution is 5.92. The average molecular weight is 317 g/mol. The van der Waals surface area contributed by atoms with Crippen molar-refractivity contribution in [2.24, 2.45) is 5.92 Å². The molecule has 23 heavy (non-hydrogen) atoms. The van der Waals surface area contributed by atoms with Crippen LogP contribution in [-0.2, 0) is 20.9 Å². The van der Waals surface area contributed by atoms with Crippen LogP contribution in [0.5, 0.6) is 0 Å². The third kappa shape index (κ3) is 4.18. The lowest BCUT2D eigenvalue weighted by atomic mass is 10.1. The number of hydrogen-bond donors (Lipinski definition) is 1. The molecule has 0 spiro atoms. The fourth-order valence-electron chi connectivity index (χ4n) is 2.09. The number of ether oxygens (including phenoxy) is 1. The highest BCUT2D eigenvalue weighted by Gasteiger charge is 2.14. The van der Waals surface area contributed by atoms with Gasteiger partial charge in [-0.1, -0.05) is 13.8 Å². The Kier molecular flexibility index (Phi) is 5.16. The molecule has 0 unspecified atom stereocenters. The number of esters is 1. The molecule has 0 aliphatic rings. The molecule has 0 saturated heterocycles. The number of benzene rings is 1. The number of hydrogen-bond acceptors (Lipinski definition) is 5. The van der Waals surface area contributed by atoms with Crippen LogP contribution < -0.4 is 10.9 Å². The molecule has 0 bridgehead atoms. The van der Waals surface area contributed by atoms with Gasteiger partial charge >= 0.3 is 11.6 Å². The number of anilines is 1. The Morgan fingerprint density at radius 3 is 2.70 bits per heavy atom. The topological polar surface area (TPSA) is 85.6 Å². The van der Waals surface area contributed by atoms with Crippen molar-refractivity contribution < 1.29 is 18.7 Å². The van der Waals surface area contributed by atoms with Gasteiger partial charge in [-0.3, -0.25) is 9.59 Å². The summed E-state index contributed by atoms with van der Waals surface area (Å²) in [7, 11) is 0. The van der Waals surface area contributed by atoms with Gasteiger partial charge in [0.2, 0.25) is 5.91 Å². The number of nitrogens with one attached hydrogen (secondary N) is 1. The molecule has 1 N–H and O–H groups in total. The first kappa shape index (κ1) is 16.7. The Hall–Kier alpha value is -2.63. The zero-order valence-corrected chi connectivity index (χ0v) is 13.3. The van der Waals surface area contributed by atoms with E-state index in [2.05, 4.69) is 5.32 Å². The van der Waals surface area contributed by atoms with E-state index in [-0.39, 0.29) is 24.4 Å². The van der Waals surface area contributed by atoms with Crippen molar-refractivity contribution in [3.8, 4) is 0 Å². The fraction of sp³-hybridized carbons (Fsp3) is 0.353. The van der Waals surface area contributed by atoms with Gasteiger partial charge in [-0.2, -0.15) is 0 Å². The largest absolute Gasteiger partial charge is 0.461 e. The van der Waals surface area contributed by atoms with Crippen LogP contribution in [0.4, 0.5) is 5.69 Å². The van der Waals surface area contributed by atoms with Crippen molar-refractivity contribution in [2.45, 2.75) is 33.8 Å². The summed E-state index contributed by atoms with van der Waals surface area (Å²) < 4.78 is 10.4. The van der Waals surface area contributed by atoms with Gasteiger partial charge in [-0.15, -0.1) is 0 Å². The summed E-state index contributed by atoms with van der Waals surface area (Å²) in [6.45, 7) is 5.09. The van der Waals surface area contributed by atoms with E-state index in [4.69, 9.17) is 9.15 Å². The van der Waals surface area contributed by atoms with Crippen LogP contribution in [0.1, 0.15) is 32.8 Å². The molecule has 0 saturated carbocycles. The lowest BCUT2D eigenvalue weighted by Crippen LogP contribution is -2.14. The van der Waals surface area contributed by atoms with Gasteiger partial charge in [0.15, 0.2) is 0 Å². The van der Waals surface area contributed by atoms with Crippen molar-refractivity contribution >= 4 is 28.5 Å². The smallest absolute Gasteiger partial charge is 0.336 e. The number of rotatable bonds is 5.